The number of aromatic nitrogens is 1. The Morgan fingerprint density at radius 2 is 2.05 bits per heavy atom. The molecule has 0 aliphatic heterocycles. The zero-order valence-corrected chi connectivity index (χ0v) is 12.5. The lowest BCUT2D eigenvalue weighted by molar-refractivity contribution is 0.498. The monoisotopic (exact) mass is 274 g/mol. The van der Waals surface area contributed by atoms with E-state index in [1.54, 1.807) is 11.3 Å². The van der Waals surface area contributed by atoms with Gasteiger partial charge in [0.15, 0.2) is 0 Å². The summed E-state index contributed by atoms with van der Waals surface area (Å²) in [7, 11) is 2.05. The number of likely N-dealkylation sites (N-methyl/N-ethyl adjacent to an activating group) is 1. The summed E-state index contributed by atoms with van der Waals surface area (Å²) >= 11 is 1.77. The molecule has 0 amide bonds. The van der Waals surface area contributed by atoms with E-state index in [1.165, 1.54) is 29.8 Å². The van der Waals surface area contributed by atoms with E-state index < -0.39 is 0 Å². The highest BCUT2D eigenvalue weighted by Crippen LogP contribution is 2.22. The van der Waals surface area contributed by atoms with Gasteiger partial charge in [-0.2, -0.15) is 0 Å². The maximum absolute atomic E-state index is 4.75. The second-order valence-electron chi connectivity index (χ2n) is 4.82. The highest BCUT2D eigenvalue weighted by Gasteiger charge is 2.10. The van der Waals surface area contributed by atoms with Crippen LogP contribution < -0.4 is 5.32 Å². The van der Waals surface area contributed by atoms with Gasteiger partial charge in [0.1, 0.15) is 0 Å². The van der Waals surface area contributed by atoms with E-state index in [4.69, 9.17) is 4.98 Å². The molecule has 2 rings (SSSR count). The lowest BCUT2D eigenvalue weighted by atomic mass is 10.1. The molecule has 0 saturated heterocycles. The molecule has 1 aromatic carbocycles. The second kappa shape index (κ2) is 7.41. The summed E-state index contributed by atoms with van der Waals surface area (Å²) in [6.07, 6.45) is 4.80. The van der Waals surface area contributed by atoms with E-state index in [-0.39, 0.29) is 0 Å². The standard InChI is InChI=1S/C16H22N2S/c1-3-4-10-14(17-2)11-16-18-15(12-19-16)13-8-6-5-7-9-13/h5-9,12,14,17H,3-4,10-11H2,1-2H3. The van der Waals surface area contributed by atoms with Gasteiger partial charge in [0.25, 0.3) is 0 Å². The Bertz CT molecular complexity index is 479. The fourth-order valence-electron chi connectivity index (χ4n) is 2.16. The number of hydrogen-bond acceptors (Lipinski definition) is 3. The fourth-order valence-corrected chi connectivity index (χ4v) is 3.04. The fraction of sp³-hybridized carbons (Fsp3) is 0.438. The van der Waals surface area contributed by atoms with Crippen LogP contribution in [0.5, 0.6) is 0 Å². The highest BCUT2D eigenvalue weighted by molar-refractivity contribution is 7.09. The van der Waals surface area contributed by atoms with Crippen molar-refractivity contribution in [1.29, 1.82) is 0 Å². The zero-order chi connectivity index (χ0) is 13.5. The van der Waals surface area contributed by atoms with E-state index >= 15 is 0 Å². The van der Waals surface area contributed by atoms with Gasteiger partial charge >= 0.3 is 0 Å². The molecule has 2 aromatic rings. The van der Waals surface area contributed by atoms with Crippen LogP contribution in [0.1, 0.15) is 31.2 Å². The smallest absolute Gasteiger partial charge is 0.0948 e. The molecule has 1 N–H and O–H groups in total. The van der Waals surface area contributed by atoms with Crippen LogP contribution in [0.3, 0.4) is 0 Å². The average molecular weight is 274 g/mol. The molecule has 1 unspecified atom stereocenters. The van der Waals surface area contributed by atoms with Crippen molar-refractivity contribution in [3.63, 3.8) is 0 Å². The minimum Gasteiger partial charge on any atom is -0.317 e. The topological polar surface area (TPSA) is 24.9 Å². The van der Waals surface area contributed by atoms with Crippen molar-refractivity contribution in [3.8, 4) is 11.3 Å². The van der Waals surface area contributed by atoms with Crippen molar-refractivity contribution in [2.45, 2.75) is 38.6 Å². The van der Waals surface area contributed by atoms with Gasteiger partial charge in [-0.05, 0) is 13.5 Å². The molecule has 0 aliphatic rings. The number of thiazole rings is 1. The Balaban J connectivity index is 2.01. The first kappa shape index (κ1) is 14.2. The number of nitrogens with zero attached hydrogens (tertiary/aromatic N) is 1. The summed E-state index contributed by atoms with van der Waals surface area (Å²) in [5.41, 5.74) is 2.31. The van der Waals surface area contributed by atoms with Crippen molar-refractivity contribution >= 4 is 11.3 Å². The summed E-state index contributed by atoms with van der Waals surface area (Å²) < 4.78 is 0. The van der Waals surface area contributed by atoms with Gasteiger partial charge in [-0.25, -0.2) is 4.98 Å². The van der Waals surface area contributed by atoms with Crippen molar-refractivity contribution < 1.29 is 0 Å². The Morgan fingerprint density at radius 1 is 1.26 bits per heavy atom. The molecule has 19 heavy (non-hydrogen) atoms. The quantitative estimate of drug-likeness (QED) is 0.821. The molecular weight excluding hydrogens is 252 g/mol. The van der Waals surface area contributed by atoms with Crippen LogP contribution in [0.25, 0.3) is 11.3 Å². The second-order valence-corrected chi connectivity index (χ2v) is 5.77. The molecule has 0 bridgehead atoms. The number of hydrogen-bond donors (Lipinski definition) is 1. The van der Waals surface area contributed by atoms with Gasteiger partial charge in [0, 0.05) is 23.4 Å². The van der Waals surface area contributed by atoms with E-state index in [0.29, 0.717) is 6.04 Å². The predicted octanol–water partition coefficient (Wildman–Crippen LogP) is 4.13. The van der Waals surface area contributed by atoms with Crippen molar-refractivity contribution in [2.75, 3.05) is 7.05 Å². The molecule has 0 spiro atoms. The van der Waals surface area contributed by atoms with Crippen LogP contribution >= 0.6 is 11.3 Å². The number of rotatable bonds is 7. The van der Waals surface area contributed by atoms with Gasteiger partial charge in [-0.1, -0.05) is 50.1 Å². The Morgan fingerprint density at radius 3 is 2.74 bits per heavy atom. The Kier molecular flexibility index (Phi) is 5.55. The molecule has 0 saturated carbocycles. The van der Waals surface area contributed by atoms with Gasteiger partial charge in [0.2, 0.25) is 0 Å². The highest BCUT2D eigenvalue weighted by atomic mass is 32.1. The van der Waals surface area contributed by atoms with Gasteiger partial charge in [-0.15, -0.1) is 11.3 Å². The largest absolute Gasteiger partial charge is 0.317 e. The van der Waals surface area contributed by atoms with E-state index in [1.807, 2.05) is 13.1 Å². The lowest BCUT2D eigenvalue weighted by Crippen LogP contribution is -2.27. The molecule has 0 fully saturated rings. The average Bonchev–Trinajstić information content (AvgIpc) is 2.93. The minimum atomic E-state index is 0.551. The maximum Gasteiger partial charge on any atom is 0.0948 e. The third-order valence-electron chi connectivity index (χ3n) is 3.36. The molecule has 3 heteroatoms. The summed E-state index contributed by atoms with van der Waals surface area (Å²) in [4.78, 5) is 4.75. The zero-order valence-electron chi connectivity index (χ0n) is 11.7. The molecule has 1 aromatic heterocycles. The van der Waals surface area contributed by atoms with Crippen LogP contribution in [-0.4, -0.2) is 18.1 Å². The molecule has 0 radical (unpaired) electrons. The van der Waals surface area contributed by atoms with E-state index in [2.05, 4.69) is 41.9 Å². The van der Waals surface area contributed by atoms with Crippen LogP contribution in [-0.2, 0) is 6.42 Å². The molecule has 1 heterocycles. The molecule has 2 nitrogen and oxygen atoms in total. The Labute approximate surface area is 119 Å². The molecular formula is C16H22N2S. The Hall–Kier alpha value is -1.19. The van der Waals surface area contributed by atoms with Crippen LogP contribution in [0.15, 0.2) is 35.7 Å². The maximum atomic E-state index is 4.75. The normalized spacial score (nSPS) is 12.5. The first-order valence-corrected chi connectivity index (χ1v) is 7.88. The van der Waals surface area contributed by atoms with Crippen LogP contribution in [0.4, 0.5) is 0 Å². The molecule has 1 atom stereocenters. The van der Waals surface area contributed by atoms with Crippen LogP contribution in [0, 0.1) is 0 Å². The first-order valence-electron chi connectivity index (χ1n) is 7.00. The lowest BCUT2D eigenvalue weighted by Gasteiger charge is -2.13. The van der Waals surface area contributed by atoms with Crippen molar-refractivity contribution in [1.82, 2.24) is 10.3 Å². The van der Waals surface area contributed by atoms with Crippen molar-refractivity contribution in [3.05, 3.63) is 40.7 Å². The number of nitrogens with one attached hydrogen (secondary N) is 1. The minimum absolute atomic E-state index is 0.551. The predicted molar refractivity (Wildman–Crippen MR) is 83.6 cm³/mol. The third kappa shape index (κ3) is 4.15. The SMILES string of the molecule is CCCCC(Cc1nc(-c2ccccc2)cs1)NC. The van der Waals surface area contributed by atoms with Crippen LogP contribution in [0.2, 0.25) is 0 Å². The summed E-state index contributed by atoms with van der Waals surface area (Å²) in [5.74, 6) is 0. The summed E-state index contributed by atoms with van der Waals surface area (Å²) in [5, 5.41) is 6.80. The van der Waals surface area contributed by atoms with Gasteiger partial charge < -0.3 is 5.32 Å². The number of unbranched alkanes of at least 4 members (excludes halogenated alkanes) is 1. The molecule has 102 valence electrons. The van der Waals surface area contributed by atoms with Gasteiger partial charge in [-0.3, -0.25) is 0 Å². The van der Waals surface area contributed by atoms with Crippen molar-refractivity contribution in [2.24, 2.45) is 0 Å². The third-order valence-corrected chi connectivity index (χ3v) is 4.23. The summed E-state index contributed by atoms with van der Waals surface area (Å²) in [6, 6.07) is 10.9. The number of benzene rings is 1. The molecule has 0 aliphatic carbocycles. The van der Waals surface area contributed by atoms with E-state index in [0.717, 1.165) is 12.1 Å². The first-order chi connectivity index (χ1) is 9.33. The van der Waals surface area contributed by atoms with Gasteiger partial charge in [0.05, 0.1) is 10.7 Å². The summed E-state index contributed by atoms with van der Waals surface area (Å²) in [6.45, 7) is 2.24. The van der Waals surface area contributed by atoms with E-state index in [9.17, 15) is 0 Å².